The van der Waals surface area contributed by atoms with Gasteiger partial charge in [0, 0.05) is 31.0 Å². The van der Waals surface area contributed by atoms with E-state index in [1.165, 1.54) is 41.2 Å². The van der Waals surface area contributed by atoms with E-state index < -0.39 is 108 Å². The topological polar surface area (TPSA) is 394 Å². The van der Waals surface area contributed by atoms with Gasteiger partial charge in [0.15, 0.2) is 22.6 Å². The van der Waals surface area contributed by atoms with Crippen LogP contribution in [0.25, 0.3) is 22.3 Å². The lowest BCUT2D eigenvalue weighted by Crippen LogP contribution is -2.33. The van der Waals surface area contributed by atoms with E-state index in [4.69, 9.17) is 43.8 Å². The molecule has 28 nitrogen and oxygen atoms in total. The van der Waals surface area contributed by atoms with E-state index in [1.807, 2.05) is 0 Å². The lowest BCUT2D eigenvalue weighted by molar-refractivity contribution is -0.0604. The molecule has 0 saturated carbocycles. The molecule has 8 rings (SSSR count). The average Bonchev–Trinajstić information content (AvgIpc) is 4.02. The van der Waals surface area contributed by atoms with Crippen LogP contribution in [0, 0.1) is 6.92 Å². The monoisotopic (exact) mass is 884 g/mol. The first-order chi connectivity index (χ1) is 28.5. The molecule has 324 valence electrons. The van der Waals surface area contributed by atoms with Crippen LogP contribution in [0.3, 0.4) is 0 Å². The molecule has 3 aliphatic rings. The van der Waals surface area contributed by atoms with Crippen LogP contribution in [-0.2, 0) is 41.4 Å². The Morgan fingerprint density at radius 2 is 1.37 bits per heavy atom. The minimum atomic E-state index is -5.05. The number of phosphoric ester groups is 2. The first-order valence-corrected chi connectivity index (χ1v) is 21.0. The van der Waals surface area contributed by atoms with Crippen LogP contribution in [0.15, 0.2) is 39.6 Å². The summed E-state index contributed by atoms with van der Waals surface area (Å²) in [5.74, 6) is -0.115. The van der Waals surface area contributed by atoms with Gasteiger partial charge in [0.2, 0.25) is 5.95 Å². The molecule has 0 amide bonds. The smallest absolute Gasteiger partial charge is 0.394 e. The second-order valence-corrected chi connectivity index (χ2v) is 16.8. The van der Waals surface area contributed by atoms with Crippen molar-refractivity contribution in [2.45, 2.75) is 81.5 Å². The van der Waals surface area contributed by atoms with Gasteiger partial charge in [-0.15, -0.1) is 0 Å². The molecule has 5 aromatic heterocycles. The van der Waals surface area contributed by atoms with Crippen molar-refractivity contribution in [1.29, 1.82) is 0 Å². The maximum atomic E-state index is 13.4. The molecule has 11 atom stereocenters. The lowest BCUT2D eigenvalue weighted by atomic mass is 10.2. The summed E-state index contributed by atoms with van der Waals surface area (Å²) in [7, 11) is -10.1. The summed E-state index contributed by atoms with van der Waals surface area (Å²) in [6, 6.07) is 0. The number of nitrogens with one attached hydrogen (secondary N) is 2. The van der Waals surface area contributed by atoms with Crippen molar-refractivity contribution in [3.8, 4) is 0 Å². The third-order valence-electron chi connectivity index (χ3n) is 10.0. The van der Waals surface area contributed by atoms with Gasteiger partial charge < -0.3 is 45.7 Å². The SMILES string of the molecule is Cc1cn([C@H]2C[C@H](OP(=O)(O)OC[C@H]3O[C@@H](n4cnc5c(N)ncnc54)C[C@@H]3OP(=O)(O)OC[C@H]3O[C@@H](n4cnc5c(=O)[nH]c(N)nc54)C[C@@H]3O)[C@@H](CO)O2)c(=O)[nH]c1=O. The fraction of sp³-hybridized carbons (Fsp3) is 0.533. The van der Waals surface area contributed by atoms with Crippen molar-refractivity contribution in [2.75, 3.05) is 31.3 Å². The highest BCUT2D eigenvalue weighted by molar-refractivity contribution is 7.47. The molecule has 0 aromatic carbocycles. The Hall–Kier alpha value is -4.80. The number of aryl methyl sites for hydroxylation is 1. The van der Waals surface area contributed by atoms with Gasteiger partial charge in [0.1, 0.15) is 61.0 Å². The minimum Gasteiger partial charge on any atom is -0.394 e. The first-order valence-electron chi connectivity index (χ1n) is 18.0. The van der Waals surface area contributed by atoms with Crippen LogP contribution >= 0.6 is 15.6 Å². The van der Waals surface area contributed by atoms with Crippen LogP contribution in [-0.4, -0.2) is 125 Å². The van der Waals surface area contributed by atoms with Crippen LogP contribution < -0.4 is 28.3 Å². The van der Waals surface area contributed by atoms with Crippen molar-refractivity contribution < 1.29 is 61.4 Å². The summed E-state index contributed by atoms with van der Waals surface area (Å²) in [5, 5.41) is 20.7. The Morgan fingerprint density at radius 3 is 2.07 bits per heavy atom. The summed E-state index contributed by atoms with van der Waals surface area (Å²) in [4.78, 5) is 83.1. The summed E-state index contributed by atoms with van der Waals surface area (Å²) in [5.41, 5.74) is 10.3. The van der Waals surface area contributed by atoms with Crippen molar-refractivity contribution in [3.63, 3.8) is 0 Å². The van der Waals surface area contributed by atoms with Gasteiger partial charge >= 0.3 is 21.3 Å². The maximum absolute atomic E-state index is 13.4. The Morgan fingerprint density at radius 1 is 0.783 bits per heavy atom. The molecule has 60 heavy (non-hydrogen) atoms. The molecule has 5 aromatic rings. The zero-order valence-corrected chi connectivity index (χ0v) is 32.9. The number of imidazole rings is 2. The molecule has 0 aliphatic carbocycles. The third kappa shape index (κ3) is 8.42. The predicted molar refractivity (Wildman–Crippen MR) is 198 cm³/mol. The van der Waals surface area contributed by atoms with Crippen LogP contribution in [0.4, 0.5) is 11.8 Å². The number of anilines is 2. The quantitative estimate of drug-likeness (QED) is 0.0570. The minimum absolute atomic E-state index is 0.0270. The number of nitrogens with two attached hydrogens (primary N) is 2. The normalized spacial score (nSPS) is 29.1. The number of nitrogens with zero attached hydrogens (tertiary/aromatic N) is 8. The van der Waals surface area contributed by atoms with E-state index in [-0.39, 0.29) is 58.9 Å². The zero-order valence-electron chi connectivity index (χ0n) is 31.1. The van der Waals surface area contributed by atoms with E-state index in [0.717, 1.165) is 4.57 Å². The number of aromatic nitrogens is 10. The van der Waals surface area contributed by atoms with Gasteiger partial charge in [-0.25, -0.2) is 33.9 Å². The molecule has 3 saturated heterocycles. The highest BCUT2D eigenvalue weighted by atomic mass is 31.2. The third-order valence-corrected chi connectivity index (χ3v) is 12.0. The van der Waals surface area contributed by atoms with Gasteiger partial charge in [0.25, 0.3) is 11.1 Å². The molecule has 3 fully saturated rings. The lowest BCUT2D eigenvalue weighted by Gasteiger charge is -2.24. The molecule has 3 aliphatic heterocycles. The molecule has 0 radical (unpaired) electrons. The summed E-state index contributed by atoms with van der Waals surface area (Å²) >= 11 is 0. The highest BCUT2D eigenvalue weighted by Crippen LogP contribution is 2.52. The number of phosphoric acid groups is 2. The molecule has 8 heterocycles. The Kier molecular flexibility index (Phi) is 11.3. The Bertz CT molecular complexity index is 2690. The van der Waals surface area contributed by atoms with Gasteiger partial charge in [-0.3, -0.25) is 51.4 Å². The highest BCUT2D eigenvalue weighted by Gasteiger charge is 2.46. The Labute approximate surface area is 334 Å². The van der Waals surface area contributed by atoms with Crippen LogP contribution in [0.1, 0.15) is 43.5 Å². The standard InChI is InChI=1S/C30H38N12O16P2/c1-12-5-40(30(47)39-27(12)45)20-3-14(16(6-43)54-20)57-60(50,51)53-8-18-15(4-21(56-18)41-10-35-22-24(31)33-9-34-25(22)41)58-59(48,49)52-7-17-13(44)2-19(55-17)42-11-36-23-26(42)37-29(32)38-28(23)46/h5,9-11,13-21,43-44H,2-4,6-8H2,1H3,(H,48,49)(H,50,51)(H2,31,33,34)(H,39,45,47)(H3,32,37,38,46)/t13-,14-,15-,16+,17+,18+,19+,20+,21+/m0/s1. The molecule has 10 N–H and O–H groups in total. The van der Waals surface area contributed by atoms with Gasteiger partial charge in [-0.1, -0.05) is 0 Å². The van der Waals surface area contributed by atoms with Gasteiger partial charge in [-0.2, -0.15) is 4.98 Å². The van der Waals surface area contributed by atoms with Crippen molar-refractivity contribution in [3.05, 3.63) is 61.9 Å². The van der Waals surface area contributed by atoms with E-state index >= 15 is 0 Å². The molecular formula is C30H38N12O16P2. The van der Waals surface area contributed by atoms with E-state index in [9.17, 15) is 43.5 Å². The summed E-state index contributed by atoms with van der Waals surface area (Å²) in [6.45, 7) is -0.656. The van der Waals surface area contributed by atoms with Gasteiger partial charge in [-0.05, 0) is 6.92 Å². The van der Waals surface area contributed by atoms with E-state index in [0.29, 0.717) is 0 Å². The second kappa shape index (κ2) is 16.2. The van der Waals surface area contributed by atoms with Crippen LogP contribution in [0.5, 0.6) is 0 Å². The number of H-pyrrole nitrogens is 2. The molecular weight excluding hydrogens is 846 g/mol. The van der Waals surface area contributed by atoms with Crippen molar-refractivity contribution in [1.82, 2.24) is 48.6 Å². The first kappa shape index (κ1) is 41.9. The van der Waals surface area contributed by atoms with Crippen molar-refractivity contribution in [2.24, 2.45) is 0 Å². The number of fused-ring (bicyclic) bond motifs is 2. The fourth-order valence-corrected chi connectivity index (χ4v) is 9.01. The number of nitrogen functional groups attached to an aromatic ring is 2. The molecule has 0 bridgehead atoms. The van der Waals surface area contributed by atoms with E-state index in [2.05, 4.69) is 34.9 Å². The maximum Gasteiger partial charge on any atom is 0.472 e. The number of rotatable bonds is 14. The summed E-state index contributed by atoms with van der Waals surface area (Å²) in [6.07, 6.45) is -6.08. The molecule has 30 heteroatoms. The molecule has 2 unspecified atom stereocenters. The molecule has 0 spiro atoms. The van der Waals surface area contributed by atoms with Crippen LogP contribution in [0.2, 0.25) is 0 Å². The number of aliphatic hydroxyl groups is 2. The fourth-order valence-electron chi connectivity index (χ4n) is 7.09. The number of aliphatic hydroxyl groups excluding tert-OH is 2. The predicted octanol–water partition coefficient (Wildman–Crippen LogP) is -1.80. The van der Waals surface area contributed by atoms with Gasteiger partial charge in [0.05, 0.1) is 38.6 Å². The largest absolute Gasteiger partial charge is 0.472 e. The Balaban J connectivity index is 0.949. The summed E-state index contributed by atoms with van der Waals surface area (Å²) < 4.78 is 69.7. The number of ether oxygens (including phenoxy) is 3. The second-order valence-electron chi connectivity index (χ2n) is 14.0. The number of hydrogen-bond donors (Lipinski definition) is 8. The number of hydrogen-bond acceptors (Lipinski definition) is 21. The average molecular weight is 885 g/mol. The number of aromatic amines is 2. The van der Waals surface area contributed by atoms with Crippen molar-refractivity contribution >= 4 is 49.7 Å². The van der Waals surface area contributed by atoms with E-state index in [1.54, 1.807) is 0 Å². The zero-order chi connectivity index (χ0) is 42.7.